The second-order valence-corrected chi connectivity index (χ2v) is 6.62. The number of pyridine rings is 1. The van der Waals surface area contributed by atoms with E-state index in [1.54, 1.807) is 25.3 Å². The van der Waals surface area contributed by atoms with Gasteiger partial charge in [0.25, 0.3) is 11.8 Å². The summed E-state index contributed by atoms with van der Waals surface area (Å²) < 4.78 is 13.3. The zero-order valence-electron chi connectivity index (χ0n) is 14.0. The van der Waals surface area contributed by atoms with E-state index in [9.17, 15) is 19.1 Å². The summed E-state index contributed by atoms with van der Waals surface area (Å²) in [5, 5.41) is 13.3. The third kappa shape index (κ3) is 3.54. The van der Waals surface area contributed by atoms with Crippen LogP contribution < -0.4 is 10.2 Å². The molecule has 136 valence electrons. The minimum atomic E-state index is -2.16. The summed E-state index contributed by atoms with van der Waals surface area (Å²) >= 11 is 5.77. The maximum absolute atomic E-state index is 13.3. The van der Waals surface area contributed by atoms with Crippen LogP contribution in [-0.2, 0) is 16.1 Å². The first kappa shape index (κ1) is 18.3. The summed E-state index contributed by atoms with van der Waals surface area (Å²) in [4.78, 5) is 30.4. The second kappa shape index (κ2) is 7.01. The van der Waals surface area contributed by atoms with Gasteiger partial charge in [-0.15, -0.1) is 0 Å². The molecule has 1 saturated heterocycles. The van der Waals surface area contributed by atoms with Gasteiger partial charge in [-0.1, -0.05) is 11.6 Å². The number of nitrogens with zero attached hydrogens (tertiary/aromatic N) is 2. The number of nitrogens with one attached hydrogen (secondary N) is 1. The molecule has 0 unspecified atom stereocenters. The molecule has 3 rings (SSSR count). The van der Waals surface area contributed by atoms with E-state index in [2.05, 4.69) is 10.3 Å². The van der Waals surface area contributed by atoms with E-state index in [-0.39, 0.29) is 24.5 Å². The molecule has 1 aliphatic heterocycles. The van der Waals surface area contributed by atoms with Crippen molar-refractivity contribution in [2.75, 3.05) is 11.4 Å². The van der Waals surface area contributed by atoms with Gasteiger partial charge < -0.3 is 15.3 Å². The summed E-state index contributed by atoms with van der Waals surface area (Å²) in [6, 6.07) is 7.21. The van der Waals surface area contributed by atoms with Crippen LogP contribution in [0.15, 0.2) is 36.5 Å². The molecule has 1 fully saturated rings. The van der Waals surface area contributed by atoms with Crippen LogP contribution in [0.5, 0.6) is 0 Å². The van der Waals surface area contributed by atoms with Crippen molar-refractivity contribution in [2.45, 2.75) is 25.5 Å². The third-order valence-corrected chi connectivity index (χ3v) is 4.46. The Morgan fingerprint density at radius 1 is 1.42 bits per heavy atom. The molecule has 0 radical (unpaired) electrons. The van der Waals surface area contributed by atoms with Crippen molar-refractivity contribution >= 4 is 29.1 Å². The summed E-state index contributed by atoms with van der Waals surface area (Å²) in [5.74, 6) is -2.05. The van der Waals surface area contributed by atoms with Gasteiger partial charge in [-0.2, -0.15) is 0 Å². The van der Waals surface area contributed by atoms with Gasteiger partial charge in [0.15, 0.2) is 0 Å². The Bertz CT molecular complexity index is 856. The largest absolute Gasteiger partial charge is 0.372 e. The molecule has 1 aliphatic rings. The Kier molecular flexibility index (Phi) is 4.93. The second-order valence-electron chi connectivity index (χ2n) is 6.18. The quantitative estimate of drug-likeness (QED) is 0.798. The standard InChI is InChI=1S/C18H17ClFN3O3/c1-11-6-15(2-4-21-11)23-5-3-18(26,17(23)25)16(24)22-10-12-7-13(19)9-14(20)8-12/h2,4,6-9,26H,3,5,10H2,1H3,(H,22,24)/t18-/m0/s1. The number of benzene rings is 1. The fourth-order valence-electron chi connectivity index (χ4n) is 2.90. The van der Waals surface area contributed by atoms with Gasteiger partial charge in [-0.3, -0.25) is 14.6 Å². The number of aromatic nitrogens is 1. The van der Waals surface area contributed by atoms with Crippen molar-refractivity contribution in [3.05, 3.63) is 58.6 Å². The smallest absolute Gasteiger partial charge is 0.268 e. The number of carbonyl (C=O) groups excluding carboxylic acids is 2. The molecule has 2 amide bonds. The number of halogens is 2. The molecule has 0 bridgehead atoms. The third-order valence-electron chi connectivity index (χ3n) is 4.24. The Labute approximate surface area is 154 Å². The van der Waals surface area contributed by atoms with Crippen LogP contribution in [-0.4, -0.2) is 34.1 Å². The van der Waals surface area contributed by atoms with E-state index in [4.69, 9.17) is 11.6 Å². The predicted molar refractivity (Wildman–Crippen MR) is 94.2 cm³/mol. The predicted octanol–water partition coefficient (Wildman–Crippen LogP) is 1.97. The van der Waals surface area contributed by atoms with Crippen molar-refractivity contribution in [1.82, 2.24) is 10.3 Å². The maximum atomic E-state index is 13.3. The highest BCUT2D eigenvalue weighted by Crippen LogP contribution is 2.28. The topological polar surface area (TPSA) is 82.5 Å². The molecule has 0 aliphatic carbocycles. The van der Waals surface area contributed by atoms with Gasteiger partial charge in [0, 0.05) is 42.1 Å². The Morgan fingerprint density at radius 2 is 2.19 bits per heavy atom. The van der Waals surface area contributed by atoms with Gasteiger partial charge in [0.1, 0.15) is 5.82 Å². The van der Waals surface area contributed by atoms with Crippen LogP contribution in [0.25, 0.3) is 0 Å². The minimum Gasteiger partial charge on any atom is -0.372 e. The fourth-order valence-corrected chi connectivity index (χ4v) is 3.15. The first-order valence-electron chi connectivity index (χ1n) is 8.00. The van der Waals surface area contributed by atoms with E-state index in [1.807, 2.05) is 0 Å². The zero-order valence-corrected chi connectivity index (χ0v) is 14.8. The van der Waals surface area contributed by atoms with E-state index >= 15 is 0 Å². The summed E-state index contributed by atoms with van der Waals surface area (Å²) in [6.45, 7) is 1.94. The Morgan fingerprint density at radius 3 is 2.88 bits per heavy atom. The van der Waals surface area contributed by atoms with Crippen LogP contribution in [0, 0.1) is 12.7 Å². The van der Waals surface area contributed by atoms with Gasteiger partial charge in [0.2, 0.25) is 5.60 Å². The molecule has 2 aromatic rings. The molecular weight excluding hydrogens is 361 g/mol. The molecule has 2 N–H and O–H groups in total. The molecule has 1 aromatic heterocycles. The van der Waals surface area contributed by atoms with Crippen LogP contribution in [0.4, 0.5) is 10.1 Å². The molecule has 0 saturated carbocycles. The maximum Gasteiger partial charge on any atom is 0.268 e. The summed E-state index contributed by atoms with van der Waals surface area (Å²) in [5.41, 5.74) is -0.436. The average Bonchev–Trinajstić information content (AvgIpc) is 2.88. The number of carbonyl (C=O) groups is 2. The fraction of sp³-hybridized carbons (Fsp3) is 0.278. The van der Waals surface area contributed by atoms with Crippen molar-refractivity contribution < 1.29 is 19.1 Å². The molecule has 6 nitrogen and oxygen atoms in total. The number of amides is 2. The van der Waals surface area contributed by atoms with Gasteiger partial charge in [0.05, 0.1) is 0 Å². The van der Waals surface area contributed by atoms with E-state index < -0.39 is 23.2 Å². The van der Waals surface area contributed by atoms with Gasteiger partial charge in [-0.05, 0) is 42.8 Å². The highest BCUT2D eigenvalue weighted by Gasteiger charge is 2.51. The lowest BCUT2D eigenvalue weighted by atomic mass is 10.0. The van der Waals surface area contributed by atoms with Crippen molar-refractivity contribution in [2.24, 2.45) is 0 Å². The first-order chi connectivity index (χ1) is 12.3. The van der Waals surface area contributed by atoms with Gasteiger partial charge in [-0.25, -0.2) is 4.39 Å². The molecule has 8 heteroatoms. The van der Waals surface area contributed by atoms with E-state index in [0.29, 0.717) is 11.3 Å². The monoisotopic (exact) mass is 377 g/mol. The van der Waals surface area contributed by atoms with E-state index in [1.165, 1.54) is 17.0 Å². The number of aliphatic hydroxyl groups is 1. The van der Waals surface area contributed by atoms with Gasteiger partial charge >= 0.3 is 0 Å². The number of hydrogen-bond donors (Lipinski definition) is 2. The van der Waals surface area contributed by atoms with Crippen LogP contribution in [0.3, 0.4) is 0 Å². The van der Waals surface area contributed by atoms with Crippen molar-refractivity contribution in [3.63, 3.8) is 0 Å². The lowest BCUT2D eigenvalue weighted by molar-refractivity contribution is -0.149. The Hall–Kier alpha value is -2.51. The van der Waals surface area contributed by atoms with E-state index in [0.717, 1.165) is 11.8 Å². The number of hydrogen-bond acceptors (Lipinski definition) is 4. The highest BCUT2D eigenvalue weighted by molar-refractivity contribution is 6.30. The Balaban J connectivity index is 1.71. The van der Waals surface area contributed by atoms with Crippen LogP contribution in [0.1, 0.15) is 17.7 Å². The molecular formula is C18H17ClFN3O3. The van der Waals surface area contributed by atoms with Crippen molar-refractivity contribution in [3.8, 4) is 0 Å². The highest BCUT2D eigenvalue weighted by atomic mass is 35.5. The van der Waals surface area contributed by atoms with Crippen LogP contribution >= 0.6 is 11.6 Å². The molecule has 2 heterocycles. The summed E-state index contributed by atoms with van der Waals surface area (Å²) in [7, 11) is 0. The molecule has 26 heavy (non-hydrogen) atoms. The van der Waals surface area contributed by atoms with Crippen molar-refractivity contribution in [1.29, 1.82) is 0 Å². The number of aryl methyl sites for hydroxylation is 1. The van der Waals surface area contributed by atoms with Crippen LogP contribution in [0.2, 0.25) is 5.02 Å². The molecule has 0 spiro atoms. The molecule has 1 aromatic carbocycles. The number of anilines is 1. The minimum absolute atomic E-state index is 0.0387. The first-order valence-corrected chi connectivity index (χ1v) is 8.38. The average molecular weight is 378 g/mol. The normalized spacial score (nSPS) is 19.7. The summed E-state index contributed by atoms with van der Waals surface area (Å²) in [6.07, 6.45) is 1.52. The molecule has 1 atom stereocenters. The number of rotatable bonds is 4. The SMILES string of the molecule is Cc1cc(N2CC[C@](O)(C(=O)NCc3cc(F)cc(Cl)c3)C2=O)ccn1. The zero-order chi connectivity index (χ0) is 18.9. The lowest BCUT2D eigenvalue weighted by Crippen LogP contribution is -2.52. The lowest BCUT2D eigenvalue weighted by Gasteiger charge is -2.22.